The highest BCUT2D eigenvalue weighted by molar-refractivity contribution is 6.00. The number of halogens is 4. The molecule has 3 rings (SSSR count). The van der Waals surface area contributed by atoms with Crippen LogP contribution in [-0.4, -0.2) is 25.6 Å². The number of benzene rings is 2. The fraction of sp³-hybridized carbons (Fsp3) is 0.273. The fourth-order valence-corrected chi connectivity index (χ4v) is 3.20. The number of ether oxygens (including phenoxy) is 2. The minimum Gasteiger partial charge on any atom is -0.495 e. The van der Waals surface area contributed by atoms with Crippen molar-refractivity contribution in [2.45, 2.75) is 26.1 Å². The Kier molecular flexibility index (Phi) is 6.71. The normalized spacial score (nSPS) is 16.2. The van der Waals surface area contributed by atoms with Crippen LogP contribution in [0.4, 0.5) is 23.2 Å². The van der Waals surface area contributed by atoms with Gasteiger partial charge in [0.05, 0.1) is 30.5 Å². The molecule has 0 bridgehead atoms. The molecule has 0 radical (unpaired) electrons. The van der Waals surface area contributed by atoms with E-state index in [1.807, 2.05) is 0 Å². The molecule has 0 saturated heterocycles. The molecule has 0 aliphatic carbocycles. The molecule has 10 heteroatoms. The third kappa shape index (κ3) is 5.01. The number of hydrogen-bond donors (Lipinski definition) is 2. The van der Waals surface area contributed by atoms with Gasteiger partial charge in [0.25, 0.3) is 0 Å². The second-order valence-electron chi connectivity index (χ2n) is 6.85. The molecule has 1 heterocycles. The lowest BCUT2D eigenvalue weighted by Crippen LogP contribution is -2.36. The van der Waals surface area contributed by atoms with Gasteiger partial charge in [-0.05, 0) is 49.7 Å². The van der Waals surface area contributed by atoms with Crippen molar-refractivity contribution in [2.24, 2.45) is 4.99 Å². The number of esters is 1. The number of methoxy groups -OCH3 is 1. The molecule has 0 amide bonds. The second kappa shape index (κ2) is 9.29. The van der Waals surface area contributed by atoms with Gasteiger partial charge in [0, 0.05) is 5.70 Å². The molecule has 2 aromatic carbocycles. The van der Waals surface area contributed by atoms with Crippen LogP contribution in [0.5, 0.6) is 5.75 Å². The van der Waals surface area contributed by atoms with E-state index < -0.39 is 29.6 Å². The van der Waals surface area contributed by atoms with E-state index in [4.69, 9.17) is 9.47 Å². The molecular weight excluding hydrogens is 430 g/mol. The Labute approximate surface area is 181 Å². The first-order valence-corrected chi connectivity index (χ1v) is 9.64. The Morgan fingerprint density at radius 3 is 2.47 bits per heavy atom. The first-order chi connectivity index (χ1) is 15.1. The summed E-state index contributed by atoms with van der Waals surface area (Å²) in [6, 6.07) is 7.68. The molecule has 32 heavy (non-hydrogen) atoms. The van der Waals surface area contributed by atoms with Gasteiger partial charge in [-0.25, -0.2) is 14.2 Å². The summed E-state index contributed by atoms with van der Waals surface area (Å²) in [4.78, 5) is 17.0. The van der Waals surface area contributed by atoms with Crippen LogP contribution in [0, 0.1) is 5.82 Å². The van der Waals surface area contributed by atoms with Crippen LogP contribution in [-0.2, 0) is 15.7 Å². The number of nitrogens with zero attached hydrogens (tertiary/aromatic N) is 1. The van der Waals surface area contributed by atoms with Crippen LogP contribution in [0.2, 0.25) is 0 Å². The number of hydrogen-bond acceptors (Lipinski definition) is 6. The van der Waals surface area contributed by atoms with Crippen molar-refractivity contribution in [1.29, 1.82) is 0 Å². The van der Waals surface area contributed by atoms with E-state index in [0.717, 1.165) is 12.1 Å². The molecule has 0 saturated carbocycles. The Balaban J connectivity index is 1.98. The molecule has 2 N–H and O–H groups in total. The van der Waals surface area contributed by atoms with Crippen molar-refractivity contribution < 1.29 is 31.8 Å². The highest BCUT2D eigenvalue weighted by atomic mass is 19.4. The van der Waals surface area contributed by atoms with Gasteiger partial charge in [0.1, 0.15) is 17.6 Å². The summed E-state index contributed by atoms with van der Waals surface area (Å²) in [6.45, 7) is 3.47. The Morgan fingerprint density at radius 1 is 1.19 bits per heavy atom. The number of nitrogens with one attached hydrogen (secondary N) is 2. The molecular formula is C22H21F4N3O3. The predicted octanol–water partition coefficient (Wildman–Crippen LogP) is 4.80. The summed E-state index contributed by atoms with van der Waals surface area (Å²) in [7, 11) is 1.25. The van der Waals surface area contributed by atoms with Crippen LogP contribution in [0.25, 0.3) is 0 Å². The molecule has 6 nitrogen and oxygen atoms in total. The van der Waals surface area contributed by atoms with Gasteiger partial charge in [0.2, 0.25) is 5.96 Å². The van der Waals surface area contributed by atoms with E-state index in [0.29, 0.717) is 11.3 Å². The smallest absolute Gasteiger partial charge is 0.416 e. The van der Waals surface area contributed by atoms with Crippen LogP contribution in [0.3, 0.4) is 0 Å². The quantitative estimate of drug-likeness (QED) is 0.505. The van der Waals surface area contributed by atoms with E-state index in [1.54, 1.807) is 13.8 Å². The van der Waals surface area contributed by atoms with Gasteiger partial charge in [-0.2, -0.15) is 13.2 Å². The SMILES string of the molecule is CCOC(=O)C1=C(C)NC(Nc2ccc(C(F)(F)F)cc2OC)=NC1c1ccc(F)cc1. The molecule has 1 aliphatic heterocycles. The van der Waals surface area contributed by atoms with Gasteiger partial charge in [-0.1, -0.05) is 12.1 Å². The standard InChI is InChI=1S/C22H21F4N3O3/c1-4-32-20(30)18-12(2)27-21(29-19(18)13-5-8-15(23)9-6-13)28-16-10-7-14(22(24,25)26)11-17(16)31-3/h5-11,19H,4H2,1-3H3,(H2,27,28,29). The fourth-order valence-electron chi connectivity index (χ4n) is 3.20. The highest BCUT2D eigenvalue weighted by Crippen LogP contribution is 2.36. The number of carbonyl (C=O) groups is 1. The van der Waals surface area contributed by atoms with Crippen molar-refractivity contribution in [1.82, 2.24) is 5.32 Å². The lowest BCUT2D eigenvalue weighted by molar-refractivity contribution is -0.139. The summed E-state index contributed by atoms with van der Waals surface area (Å²) in [6.07, 6.45) is -4.52. The third-order valence-corrected chi connectivity index (χ3v) is 4.70. The van der Waals surface area contributed by atoms with Crippen LogP contribution in [0.1, 0.15) is 31.0 Å². The minimum atomic E-state index is -4.52. The molecule has 1 unspecified atom stereocenters. The maximum absolute atomic E-state index is 13.4. The number of guanidine groups is 1. The van der Waals surface area contributed by atoms with Gasteiger partial charge >= 0.3 is 12.1 Å². The third-order valence-electron chi connectivity index (χ3n) is 4.70. The van der Waals surface area contributed by atoms with Crippen LogP contribution in [0.15, 0.2) is 58.7 Å². The summed E-state index contributed by atoms with van der Waals surface area (Å²) >= 11 is 0. The van der Waals surface area contributed by atoms with Crippen molar-refractivity contribution in [2.75, 3.05) is 19.0 Å². The number of carbonyl (C=O) groups excluding carboxylic acids is 1. The van der Waals surface area contributed by atoms with Crippen molar-refractivity contribution in [3.63, 3.8) is 0 Å². The number of aliphatic imine (C=N–C) groups is 1. The highest BCUT2D eigenvalue weighted by Gasteiger charge is 2.33. The van der Waals surface area contributed by atoms with Crippen molar-refractivity contribution in [3.8, 4) is 5.75 Å². The number of anilines is 1. The zero-order valence-corrected chi connectivity index (χ0v) is 17.5. The molecule has 0 spiro atoms. The van der Waals surface area contributed by atoms with Gasteiger partial charge in [-0.15, -0.1) is 0 Å². The molecule has 170 valence electrons. The Hall–Kier alpha value is -3.56. The van der Waals surface area contributed by atoms with E-state index >= 15 is 0 Å². The van der Waals surface area contributed by atoms with E-state index in [2.05, 4.69) is 15.6 Å². The molecule has 2 aromatic rings. The summed E-state index contributed by atoms with van der Waals surface area (Å²) in [5, 5.41) is 5.83. The van der Waals surface area contributed by atoms with E-state index in [9.17, 15) is 22.4 Å². The molecule has 0 fully saturated rings. The maximum Gasteiger partial charge on any atom is 0.416 e. The second-order valence-corrected chi connectivity index (χ2v) is 6.85. The zero-order chi connectivity index (χ0) is 23.5. The van der Waals surface area contributed by atoms with E-state index in [-0.39, 0.29) is 29.6 Å². The monoisotopic (exact) mass is 451 g/mol. The number of rotatable bonds is 5. The lowest BCUT2D eigenvalue weighted by Gasteiger charge is -2.27. The average molecular weight is 451 g/mol. The van der Waals surface area contributed by atoms with Gasteiger partial charge in [0.15, 0.2) is 0 Å². The van der Waals surface area contributed by atoms with Crippen molar-refractivity contribution >= 4 is 17.6 Å². The van der Waals surface area contributed by atoms with Crippen LogP contribution >= 0.6 is 0 Å². The first kappa shape index (κ1) is 23.1. The van der Waals surface area contributed by atoms with Crippen LogP contribution < -0.4 is 15.4 Å². The maximum atomic E-state index is 13.4. The van der Waals surface area contributed by atoms with Gasteiger partial charge in [-0.3, -0.25) is 0 Å². The Morgan fingerprint density at radius 2 is 1.88 bits per heavy atom. The first-order valence-electron chi connectivity index (χ1n) is 9.64. The minimum absolute atomic E-state index is 0.0412. The molecule has 0 aromatic heterocycles. The largest absolute Gasteiger partial charge is 0.495 e. The average Bonchev–Trinajstić information content (AvgIpc) is 2.73. The number of alkyl halides is 3. The predicted molar refractivity (Wildman–Crippen MR) is 111 cm³/mol. The summed E-state index contributed by atoms with van der Waals surface area (Å²) in [5.41, 5.74) is 0.582. The Bertz CT molecular complexity index is 1060. The van der Waals surface area contributed by atoms with Gasteiger partial charge < -0.3 is 20.1 Å². The van der Waals surface area contributed by atoms with Crippen molar-refractivity contribution in [3.05, 3.63) is 70.7 Å². The summed E-state index contributed by atoms with van der Waals surface area (Å²) in [5.74, 6) is -0.900. The molecule has 1 atom stereocenters. The topological polar surface area (TPSA) is 72.0 Å². The zero-order valence-electron chi connectivity index (χ0n) is 17.5. The van der Waals surface area contributed by atoms with E-state index in [1.165, 1.54) is 37.4 Å². The molecule has 1 aliphatic rings. The summed E-state index contributed by atoms with van der Waals surface area (Å²) < 4.78 is 62.7. The number of allylic oxidation sites excluding steroid dienone is 1. The lowest BCUT2D eigenvalue weighted by atomic mass is 9.96.